The predicted molar refractivity (Wildman–Crippen MR) is 192 cm³/mol. The minimum absolute atomic E-state index is 0.0311. The summed E-state index contributed by atoms with van der Waals surface area (Å²) in [4.78, 5) is 96.0. The Hall–Kier alpha value is -4.49. The highest BCUT2D eigenvalue weighted by molar-refractivity contribution is 6.38. The van der Waals surface area contributed by atoms with Gasteiger partial charge in [-0.2, -0.15) is 0 Å². The van der Waals surface area contributed by atoms with Crippen LogP contribution in [-0.2, 0) is 28.8 Å². The molecule has 1 aliphatic heterocycles. The zero-order valence-electron chi connectivity index (χ0n) is 31.7. The van der Waals surface area contributed by atoms with E-state index in [1.165, 1.54) is 9.80 Å². The Morgan fingerprint density at radius 2 is 1.57 bits per heavy atom. The van der Waals surface area contributed by atoms with Crippen molar-refractivity contribution >= 4 is 41.4 Å². The number of urea groups is 1. The summed E-state index contributed by atoms with van der Waals surface area (Å²) in [5, 5.41) is 13.3. The van der Waals surface area contributed by atoms with Gasteiger partial charge in [0.15, 0.2) is 0 Å². The molecule has 1 saturated heterocycles. The zero-order valence-corrected chi connectivity index (χ0v) is 31.7. The van der Waals surface area contributed by atoms with Crippen molar-refractivity contribution in [3.8, 4) is 0 Å². The molecule has 5 N–H and O–H groups in total. The molecule has 6 atom stereocenters. The molecule has 7 amide bonds. The Morgan fingerprint density at radius 3 is 2.10 bits per heavy atom. The number of nitrogens with one attached hydrogen (secondary N) is 5. The van der Waals surface area contributed by atoms with Crippen LogP contribution in [0.4, 0.5) is 4.79 Å². The number of amides is 7. The van der Waals surface area contributed by atoms with Crippen LogP contribution in [0, 0.1) is 22.7 Å². The molecule has 0 bridgehead atoms. The van der Waals surface area contributed by atoms with Crippen LogP contribution in [0.5, 0.6) is 0 Å². The summed E-state index contributed by atoms with van der Waals surface area (Å²) in [5.74, 6) is -4.11. The zero-order chi connectivity index (χ0) is 38.4. The highest BCUT2D eigenvalue weighted by Gasteiger charge is 2.61. The van der Waals surface area contributed by atoms with E-state index in [-0.39, 0.29) is 35.6 Å². The second-order valence-electron chi connectivity index (χ2n) is 16.0. The van der Waals surface area contributed by atoms with Crippen LogP contribution in [0.3, 0.4) is 0 Å². The van der Waals surface area contributed by atoms with Crippen LogP contribution in [0.1, 0.15) is 86.3 Å². The van der Waals surface area contributed by atoms with Crippen LogP contribution in [0.2, 0.25) is 0 Å². The second-order valence-corrected chi connectivity index (χ2v) is 16.0. The standard InChI is InChI=1S/C37H57N7O7/c1-11-15-25(29(46)32(48)38-19-26(45)41-27(33(49)43(9)10)22-16-13-12-14-17-22)40-31(47)28-23-18-37(7,8)24(23)20-44(28)34(50)30(36(4,5)6)42-35(51)39-21(2)3/h12-14,16-17,21,23-25,27-28,30H,11,15,18-20H2,1-10H3,(H,38,48)(H,40,47)(H,41,45)(H2,39,42,51)/t23-,24?,25?,27-,28-,30+/m0/s1. The summed E-state index contributed by atoms with van der Waals surface area (Å²) < 4.78 is 0. The molecule has 1 aliphatic carbocycles. The lowest BCUT2D eigenvalue weighted by Crippen LogP contribution is -2.61. The molecular weight excluding hydrogens is 654 g/mol. The molecule has 1 saturated carbocycles. The van der Waals surface area contributed by atoms with E-state index in [4.69, 9.17) is 0 Å². The van der Waals surface area contributed by atoms with Crippen molar-refractivity contribution in [1.29, 1.82) is 0 Å². The van der Waals surface area contributed by atoms with Crippen molar-refractivity contribution in [1.82, 2.24) is 36.4 Å². The lowest BCUT2D eigenvalue weighted by atomic mass is 9.55. The molecule has 0 radical (unpaired) electrons. The summed E-state index contributed by atoms with van der Waals surface area (Å²) in [6.07, 6.45) is 1.30. The molecule has 282 valence electrons. The van der Waals surface area contributed by atoms with E-state index in [1.54, 1.807) is 51.4 Å². The number of Topliss-reactive ketones (excluding diaryl/α,β-unsaturated/α-hetero) is 1. The Morgan fingerprint density at radius 1 is 0.941 bits per heavy atom. The smallest absolute Gasteiger partial charge is 0.315 e. The number of ketones is 1. The predicted octanol–water partition coefficient (Wildman–Crippen LogP) is 1.90. The van der Waals surface area contributed by atoms with Gasteiger partial charge in [-0.3, -0.25) is 28.8 Å². The molecule has 1 aromatic carbocycles. The van der Waals surface area contributed by atoms with Crippen LogP contribution in [0.15, 0.2) is 30.3 Å². The van der Waals surface area contributed by atoms with Crippen LogP contribution in [0.25, 0.3) is 0 Å². The van der Waals surface area contributed by atoms with Crippen LogP contribution in [-0.4, -0.2) is 103 Å². The van der Waals surface area contributed by atoms with Crippen LogP contribution < -0.4 is 26.6 Å². The highest BCUT2D eigenvalue weighted by atomic mass is 16.2. The van der Waals surface area contributed by atoms with Gasteiger partial charge in [-0.25, -0.2) is 4.79 Å². The van der Waals surface area contributed by atoms with Gasteiger partial charge in [0.1, 0.15) is 18.1 Å². The third-order valence-electron chi connectivity index (χ3n) is 9.75. The molecule has 2 unspecified atom stereocenters. The van der Waals surface area contributed by atoms with Gasteiger partial charge in [0.2, 0.25) is 29.4 Å². The number of likely N-dealkylation sites (tertiary alicyclic amines) is 1. The number of fused-ring (bicyclic) bond motifs is 1. The van der Waals surface area contributed by atoms with Crippen molar-refractivity contribution in [3.63, 3.8) is 0 Å². The van der Waals surface area contributed by atoms with E-state index in [9.17, 15) is 33.6 Å². The minimum Gasteiger partial charge on any atom is -0.347 e. The van der Waals surface area contributed by atoms with E-state index in [2.05, 4.69) is 40.4 Å². The van der Waals surface area contributed by atoms with Crippen molar-refractivity contribution in [2.45, 2.75) is 105 Å². The third kappa shape index (κ3) is 10.1. The summed E-state index contributed by atoms with van der Waals surface area (Å²) in [5.41, 5.74) is -0.249. The summed E-state index contributed by atoms with van der Waals surface area (Å²) >= 11 is 0. The number of benzene rings is 1. The number of carbonyl (C=O) groups excluding carboxylic acids is 7. The molecule has 1 aromatic rings. The average molecular weight is 712 g/mol. The molecular formula is C37H57N7O7. The van der Waals surface area contributed by atoms with Gasteiger partial charge in [0, 0.05) is 26.7 Å². The number of carbonyl (C=O) groups is 7. The number of rotatable bonds is 14. The van der Waals surface area contributed by atoms with E-state index in [1.807, 2.05) is 34.6 Å². The third-order valence-corrected chi connectivity index (χ3v) is 9.75. The Labute approximate surface area is 301 Å². The monoisotopic (exact) mass is 711 g/mol. The summed E-state index contributed by atoms with van der Waals surface area (Å²) in [6.45, 7) is 14.9. The Balaban J connectivity index is 1.75. The molecule has 0 aromatic heterocycles. The van der Waals surface area contributed by atoms with E-state index < -0.39 is 71.6 Å². The molecule has 3 rings (SSSR count). The van der Waals surface area contributed by atoms with Crippen molar-refractivity contribution in [3.05, 3.63) is 35.9 Å². The van der Waals surface area contributed by atoms with Gasteiger partial charge in [-0.05, 0) is 54.9 Å². The molecule has 14 nitrogen and oxygen atoms in total. The van der Waals surface area contributed by atoms with Gasteiger partial charge in [-0.1, -0.05) is 78.3 Å². The summed E-state index contributed by atoms with van der Waals surface area (Å²) in [7, 11) is 3.12. The first-order valence-corrected chi connectivity index (χ1v) is 17.7. The van der Waals surface area contributed by atoms with Gasteiger partial charge in [0.05, 0.1) is 12.6 Å². The van der Waals surface area contributed by atoms with Gasteiger partial charge in [0.25, 0.3) is 5.91 Å². The number of hydrogen-bond donors (Lipinski definition) is 5. The average Bonchev–Trinajstić information content (AvgIpc) is 3.38. The fraction of sp³-hybridized carbons (Fsp3) is 0.649. The van der Waals surface area contributed by atoms with Crippen molar-refractivity contribution in [2.24, 2.45) is 22.7 Å². The molecule has 2 fully saturated rings. The molecule has 51 heavy (non-hydrogen) atoms. The van der Waals surface area contributed by atoms with Gasteiger partial charge < -0.3 is 36.4 Å². The topological polar surface area (TPSA) is 186 Å². The largest absolute Gasteiger partial charge is 0.347 e. The van der Waals surface area contributed by atoms with E-state index in [0.29, 0.717) is 24.9 Å². The lowest BCUT2D eigenvalue weighted by Gasteiger charge is -2.48. The van der Waals surface area contributed by atoms with Crippen molar-refractivity contribution < 1.29 is 33.6 Å². The molecule has 2 aliphatic rings. The quantitative estimate of drug-likeness (QED) is 0.183. The van der Waals surface area contributed by atoms with Crippen molar-refractivity contribution in [2.75, 3.05) is 27.2 Å². The molecule has 0 spiro atoms. The number of nitrogens with zero attached hydrogens (tertiary/aromatic N) is 2. The van der Waals surface area contributed by atoms with E-state index in [0.717, 1.165) is 0 Å². The fourth-order valence-electron chi connectivity index (χ4n) is 7.03. The van der Waals surface area contributed by atoms with Gasteiger partial charge in [-0.15, -0.1) is 0 Å². The maximum Gasteiger partial charge on any atom is 0.315 e. The number of hydrogen-bond acceptors (Lipinski definition) is 7. The SMILES string of the molecule is CCCC(NC(=O)[C@@H]1[C@H]2CC(C)(C)C2CN1C(=O)[C@@H](NC(=O)NC(C)C)C(C)(C)C)C(=O)C(=O)NCC(=O)N[C@H](C(=O)N(C)C)c1ccccc1. The summed E-state index contributed by atoms with van der Waals surface area (Å²) in [6, 6.07) is 3.96. The Kier molecular flexibility index (Phi) is 13.4. The minimum atomic E-state index is -1.20. The lowest BCUT2D eigenvalue weighted by molar-refractivity contribution is -0.145. The highest BCUT2D eigenvalue weighted by Crippen LogP contribution is 2.57. The fourth-order valence-corrected chi connectivity index (χ4v) is 7.03. The first-order valence-electron chi connectivity index (χ1n) is 17.7. The first-order chi connectivity index (χ1) is 23.7. The first kappa shape index (κ1) is 40.9. The molecule has 14 heteroatoms. The normalized spacial score (nSPS) is 20.8. The maximum absolute atomic E-state index is 14.2. The maximum atomic E-state index is 14.2. The van der Waals surface area contributed by atoms with E-state index >= 15 is 0 Å². The van der Waals surface area contributed by atoms with Gasteiger partial charge >= 0.3 is 6.03 Å². The molecule has 1 heterocycles. The second kappa shape index (κ2) is 16.7. The number of likely N-dealkylation sites (N-methyl/N-ethyl adjacent to an activating group) is 1. The Bertz CT molecular complexity index is 1470. The van der Waals surface area contributed by atoms with Crippen LogP contribution >= 0.6 is 0 Å².